The van der Waals surface area contributed by atoms with Crippen LogP contribution < -0.4 is 0 Å². The Labute approximate surface area is 457 Å². The van der Waals surface area contributed by atoms with Crippen LogP contribution in [0.4, 0.5) is 0 Å². The van der Waals surface area contributed by atoms with Gasteiger partial charge in [0, 0.05) is 19.3 Å². The molecule has 0 rings (SSSR count). The first-order chi connectivity index (χ1) is 36.0. The molecule has 0 aromatic heterocycles. The van der Waals surface area contributed by atoms with Crippen molar-refractivity contribution in [3.05, 3.63) is 0 Å². The van der Waals surface area contributed by atoms with Crippen molar-refractivity contribution in [2.45, 2.75) is 399 Å². The highest BCUT2D eigenvalue weighted by molar-refractivity contribution is 5.71. The molecule has 0 saturated carbocycles. The number of esters is 3. The number of hydrogen-bond donors (Lipinski definition) is 0. The van der Waals surface area contributed by atoms with Gasteiger partial charge in [0.25, 0.3) is 0 Å². The van der Waals surface area contributed by atoms with Crippen LogP contribution in [0.3, 0.4) is 0 Å². The third-order valence-electron chi connectivity index (χ3n) is 15.6. The monoisotopic (exact) mass is 1030 g/mol. The Hall–Kier alpha value is -1.59. The van der Waals surface area contributed by atoms with Crippen LogP contribution in [0.2, 0.25) is 0 Å². The molecule has 0 N–H and O–H groups in total. The van der Waals surface area contributed by atoms with Gasteiger partial charge in [0.1, 0.15) is 13.2 Å². The number of rotatable bonds is 63. The Kier molecular flexibility index (Phi) is 61.6. The average molecular weight is 1030 g/mol. The van der Waals surface area contributed by atoms with Gasteiger partial charge >= 0.3 is 17.9 Å². The van der Waals surface area contributed by atoms with Crippen molar-refractivity contribution in [2.24, 2.45) is 0 Å². The second-order valence-corrected chi connectivity index (χ2v) is 23.1. The summed E-state index contributed by atoms with van der Waals surface area (Å²) in [4.78, 5) is 37.9. The van der Waals surface area contributed by atoms with E-state index in [1.165, 1.54) is 289 Å². The molecule has 0 aliphatic carbocycles. The largest absolute Gasteiger partial charge is 0.462 e. The van der Waals surface area contributed by atoms with Gasteiger partial charge in [-0.05, 0) is 19.3 Å². The van der Waals surface area contributed by atoms with E-state index in [1.807, 2.05) is 0 Å². The van der Waals surface area contributed by atoms with Gasteiger partial charge in [0.2, 0.25) is 0 Å². The summed E-state index contributed by atoms with van der Waals surface area (Å²) >= 11 is 0. The second kappa shape index (κ2) is 62.9. The van der Waals surface area contributed by atoms with Gasteiger partial charge in [-0.15, -0.1) is 0 Å². The predicted molar refractivity (Wildman–Crippen MR) is 317 cm³/mol. The standard InChI is InChI=1S/C67H130O6/c1-4-7-10-13-15-17-19-21-23-25-27-29-31-32-33-34-35-36-38-39-41-43-45-47-49-51-54-57-60-66(69)72-63-64(62-71-65(68)59-56-53-12-9-6-3)73-67(70)61-58-55-52-50-48-46-44-42-40-37-30-28-26-24-22-20-18-16-14-11-8-5-2/h64H,4-63H2,1-3H3. The third kappa shape index (κ3) is 61.1. The fourth-order valence-electron chi connectivity index (χ4n) is 10.6. The van der Waals surface area contributed by atoms with Gasteiger partial charge in [0.05, 0.1) is 0 Å². The Morgan fingerprint density at radius 1 is 0.219 bits per heavy atom. The molecule has 0 aromatic rings. The summed E-state index contributed by atoms with van der Waals surface area (Å²) in [5.41, 5.74) is 0. The van der Waals surface area contributed by atoms with Crippen molar-refractivity contribution in [2.75, 3.05) is 13.2 Å². The number of hydrogen-bond acceptors (Lipinski definition) is 6. The molecule has 0 heterocycles. The Morgan fingerprint density at radius 3 is 0.548 bits per heavy atom. The zero-order valence-electron chi connectivity index (χ0n) is 50.0. The smallest absolute Gasteiger partial charge is 0.306 e. The van der Waals surface area contributed by atoms with Crippen molar-refractivity contribution in [3.8, 4) is 0 Å². The van der Waals surface area contributed by atoms with Crippen LogP contribution in [0.1, 0.15) is 393 Å². The number of carbonyl (C=O) groups is 3. The zero-order chi connectivity index (χ0) is 52.9. The molecule has 73 heavy (non-hydrogen) atoms. The van der Waals surface area contributed by atoms with Crippen molar-refractivity contribution in [3.63, 3.8) is 0 Å². The first-order valence-electron chi connectivity index (χ1n) is 33.5. The van der Waals surface area contributed by atoms with Crippen LogP contribution >= 0.6 is 0 Å². The molecule has 0 aliphatic rings. The molecule has 0 aliphatic heterocycles. The van der Waals surface area contributed by atoms with Gasteiger partial charge in [-0.25, -0.2) is 0 Å². The summed E-state index contributed by atoms with van der Waals surface area (Å²) in [6.45, 7) is 6.64. The maximum absolute atomic E-state index is 12.8. The second-order valence-electron chi connectivity index (χ2n) is 23.1. The van der Waals surface area contributed by atoms with E-state index >= 15 is 0 Å². The minimum absolute atomic E-state index is 0.0623. The molecule has 0 spiro atoms. The van der Waals surface area contributed by atoms with E-state index in [-0.39, 0.29) is 31.1 Å². The number of unbranched alkanes of at least 4 members (excludes halogenated alkanes) is 52. The minimum atomic E-state index is -0.760. The molecule has 0 fully saturated rings. The summed E-state index contributed by atoms with van der Waals surface area (Å²) in [6, 6.07) is 0. The van der Waals surface area contributed by atoms with Gasteiger partial charge in [-0.1, -0.05) is 355 Å². The first-order valence-corrected chi connectivity index (χ1v) is 33.5. The van der Waals surface area contributed by atoms with Crippen molar-refractivity contribution in [1.82, 2.24) is 0 Å². The topological polar surface area (TPSA) is 78.9 Å². The lowest BCUT2D eigenvalue weighted by Crippen LogP contribution is -2.30. The summed E-state index contributed by atoms with van der Waals surface area (Å²) in [7, 11) is 0. The molecular weight excluding hydrogens is 901 g/mol. The summed E-state index contributed by atoms with van der Waals surface area (Å²) in [5, 5.41) is 0. The van der Waals surface area contributed by atoms with E-state index in [0.717, 1.165) is 64.2 Å². The fourth-order valence-corrected chi connectivity index (χ4v) is 10.6. The van der Waals surface area contributed by atoms with Gasteiger partial charge < -0.3 is 14.2 Å². The van der Waals surface area contributed by atoms with E-state index in [4.69, 9.17) is 14.2 Å². The lowest BCUT2D eigenvalue weighted by molar-refractivity contribution is -0.167. The minimum Gasteiger partial charge on any atom is -0.462 e. The Bertz CT molecular complexity index is 1090. The van der Waals surface area contributed by atoms with E-state index in [0.29, 0.717) is 19.3 Å². The lowest BCUT2D eigenvalue weighted by atomic mass is 10.0. The van der Waals surface area contributed by atoms with Crippen molar-refractivity contribution < 1.29 is 28.6 Å². The highest BCUT2D eigenvalue weighted by Gasteiger charge is 2.19. The molecule has 1 unspecified atom stereocenters. The molecule has 0 bridgehead atoms. The predicted octanol–water partition coefficient (Wildman–Crippen LogP) is 22.7. The van der Waals surface area contributed by atoms with E-state index in [2.05, 4.69) is 20.8 Å². The van der Waals surface area contributed by atoms with Crippen LogP contribution in [-0.2, 0) is 28.6 Å². The van der Waals surface area contributed by atoms with Gasteiger partial charge in [-0.3, -0.25) is 14.4 Å². The Morgan fingerprint density at radius 2 is 0.370 bits per heavy atom. The molecule has 0 saturated heterocycles. The maximum Gasteiger partial charge on any atom is 0.306 e. The van der Waals surface area contributed by atoms with Crippen LogP contribution in [0.5, 0.6) is 0 Å². The normalized spacial score (nSPS) is 11.9. The SMILES string of the molecule is CCCCCCCCCCCCCCCCCCCCCCCCCCCCCCC(=O)OCC(COC(=O)CCCCCCC)OC(=O)CCCCCCCCCCCCCCCCCCCCCCCC. The average Bonchev–Trinajstić information content (AvgIpc) is 3.39. The Balaban J connectivity index is 3.91. The molecule has 0 amide bonds. The maximum atomic E-state index is 12.8. The summed E-state index contributed by atoms with van der Waals surface area (Å²) in [5.74, 6) is -0.845. The highest BCUT2D eigenvalue weighted by atomic mass is 16.6. The van der Waals surface area contributed by atoms with Crippen molar-refractivity contribution >= 4 is 17.9 Å². The molecular formula is C67H130O6. The fraction of sp³-hybridized carbons (Fsp3) is 0.955. The molecule has 0 radical (unpaired) electrons. The van der Waals surface area contributed by atoms with Crippen LogP contribution in [0.15, 0.2) is 0 Å². The summed E-state index contributed by atoms with van der Waals surface area (Å²) in [6.07, 6.45) is 73.3. The van der Waals surface area contributed by atoms with Crippen LogP contribution in [0, 0.1) is 0 Å². The first kappa shape index (κ1) is 71.4. The number of carbonyl (C=O) groups excluding carboxylic acids is 3. The lowest BCUT2D eigenvalue weighted by Gasteiger charge is -2.18. The van der Waals surface area contributed by atoms with Crippen LogP contribution in [-0.4, -0.2) is 37.2 Å². The number of ether oxygens (including phenoxy) is 3. The van der Waals surface area contributed by atoms with E-state index in [9.17, 15) is 14.4 Å². The van der Waals surface area contributed by atoms with Crippen molar-refractivity contribution in [1.29, 1.82) is 0 Å². The van der Waals surface area contributed by atoms with Gasteiger partial charge in [0.15, 0.2) is 6.10 Å². The van der Waals surface area contributed by atoms with E-state index in [1.54, 1.807) is 0 Å². The molecule has 6 nitrogen and oxygen atoms in total. The van der Waals surface area contributed by atoms with E-state index < -0.39 is 6.10 Å². The molecule has 6 heteroatoms. The third-order valence-corrected chi connectivity index (χ3v) is 15.6. The summed E-state index contributed by atoms with van der Waals surface area (Å²) < 4.78 is 16.8. The van der Waals surface area contributed by atoms with Crippen LogP contribution in [0.25, 0.3) is 0 Å². The molecule has 1 atom stereocenters. The molecule has 0 aromatic carbocycles. The quantitative estimate of drug-likeness (QED) is 0.0343. The van der Waals surface area contributed by atoms with Gasteiger partial charge in [-0.2, -0.15) is 0 Å². The highest BCUT2D eigenvalue weighted by Crippen LogP contribution is 2.19. The molecule has 434 valence electrons. The zero-order valence-corrected chi connectivity index (χ0v) is 50.0.